The second kappa shape index (κ2) is 4.53. The fourth-order valence-electron chi connectivity index (χ4n) is 1.57. The lowest BCUT2D eigenvalue weighted by Crippen LogP contribution is -2.13. The summed E-state index contributed by atoms with van der Waals surface area (Å²) in [5.74, 6) is 0.407. The van der Waals surface area contributed by atoms with Crippen molar-refractivity contribution in [2.75, 3.05) is 5.32 Å². The van der Waals surface area contributed by atoms with Crippen LogP contribution < -0.4 is 10.9 Å². The minimum absolute atomic E-state index is 0.274. The van der Waals surface area contributed by atoms with E-state index in [-0.39, 0.29) is 11.1 Å². The van der Waals surface area contributed by atoms with E-state index in [2.05, 4.69) is 24.0 Å². The van der Waals surface area contributed by atoms with Gasteiger partial charge in [-0.1, -0.05) is 30.3 Å². The Kier molecular flexibility index (Phi) is 2.73. The van der Waals surface area contributed by atoms with Crippen LogP contribution in [0, 0.1) is 0 Å². The third-order valence-corrected chi connectivity index (χ3v) is 2.96. The molecule has 18 heavy (non-hydrogen) atoms. The number of benzene rings is 1. The minimum Gasteiger partial charge on any atom is -0.352 e. The van der Waals surface area contributed by atoms with Crippen LogP contribution in [-0.4, -0.2) is 18.7 Å². The van der Waals surface area contributed by atoms with Gasteiger partial charge in [0.2, 0.25) is 11.6 Å². The molecule has 0 radical (unpaired) electrons. The Morgan fingerprint density at radius 1 is 1.22 bits per heavy atom. The van der Waals surface area contributed by atoms with Crippen molar-refractivity contribution in [3.8, 4) is 0 Å². The molecule has 7 heteroatoms. The Hall–Kier alpha value is -2.28. The topological polar surface area (TPSA) is 83.6 Å². The smallest absolute Gasteiger partial charge is 0.281 e. The highest BCUT2D eigenvalue weighted by Gasteiger charge is 2.06. The van der Waals surface area contributed by atoms with Crippen LogP contribution >= 0.6 is 11.7 Å². The molecular formula is C11H9N5OS. The SMILES string of the molecule is O=c1[nH]c(NCc2ccccc2)nc2nsnc12. The van der Waals surface area contributed by atoms with Gasteiger partial charge in [0.15, 0.2) is 5.52 Å². The number of hydrogen-bond donors (Lipinski definition) is 2. The van der Waals surface area contributed by atoms with E-state index in [1.54, 1.807) is 0 Å². The Labute approximate surface area is 106 Å². The van der Waals surface area contributed by atoms with Crippen LogP contribution in [-0.2, 0) is 6.54 Å². The fourth-order valence-corrected chi connectivity index (χ4v) is 2.06. The first kappa shape index (κ1) is 10.8. The maximum absolute atomic E-state index is 11.6. The average Bonchev–Trinajstić information content (AvgIpc) is 2.86. The molecule has 0 spiro atoms. The first-order valence-corrected chi connectivity index (χ1v) is 6.06. The zero-order chi connectivity index (χ0) is 12.4. The summed E-state index contributed by atoms with van der Waals surface area (Å²) in [6, 6.07) is 9.86. The zero-order valence-corrected chi connectivity index (χ0v) is 10.1. The molecule has 3 aromatic rings. The number of aromatic nitrogens is 4. The van der Waals surface area contributed by atoms with Gasteiger partial charge >= 0.3 is 0 Å². The van der Waals surface area contributed by atoms with Gasteiger partial charge in [-0.2, -0.15) is 13.7 Å². The summed E-state index contributed by atoms with van der Waals surface area (Å²) in [7, 11) is 0. The third-order valence-electron chi connectivity index (χ3n) is 2.44. The largest absolute Gasteiger partial charge is 0.352 e. The highest BCUT2D eigenvalue weighted by molar-refractivity contribution is 7.00. The standard InChI is InChI=1S/C11H9N5OS/c17-10-8-9(16-18-15-8)13-11(14-10)12-6-7-4-2-1-3-5-7/h1-5H,6H2,(H2,12,13,14,16,17). The van der Waals surface area contributed by atoms with Gasteiger partial charge < -0.3 is 5.32 Å². The maximum atomic E-state index is 11.6. The van der Waals surface area contributed by atoms with Crippen molar-refractivity contribution in [1.29, 1.82) is 0 Å². The molecule has 0 aliphatic rings. The Balaban J connectivity index is 1.85. The van der Waals surface area contributed by atoms with Crippen molar-refractivity contribution in [3.05, 3.63) is 46.2 Å². The first-order valence-electron chi connectivity index (χ1n) is 5.33. The third kappa shape index (κ3) is 2.07. The summed E-state index contributed by atoms with van der Waals surface area (Å²) < 4.78 is 7.83. The summed E-state index contributed by atoms with van der Waals surface area (Å²) in [6.07, 6.45) is 0. The van der Waals surface area contributed by atoms with Gasteiger partial charge in [0.05, 0.1) is 11.7 Å². The zero-order valence-electron chi connectivity index (χ0n) is 9.25. The van der Waals surface area contributed by atoms with Crippen LogP contribution in [0.1, 0.15) is 5.56 Å². The number of H-pyrrole nitrogens is 1. The van der Waals surface area contributed by atoms with Gasteiger partial charge in [0.25, 0.3) is 5.56 Å². The van der Waals surface area contributed by atoms with E-state index in [1.165, 1.54) is 0 Å². The van der Waals surface area contributed by atoms with Crippen LogP contribution in [0.5, 0.6) is 0 Å². The van der Waals surface area contributed by atoms with Crippen molar-refractivity contribution in [2.24, 2.45) is 0 Å². The predicted molar refractivity (Wildman–Crippen MR) is 69.6 cm³/mol. The normalized spacial score (nSPS) is 10.7. The summed E-state index contributed by atoms with van der Waals surface area (Å²) >= 11 is 0.980. The molecule has 0 bridgehead atoms. The fraction of sp³-hybridized carbons (Fsp3) is 0.0909. The number of fused-ring (bicyclic) bond motifs is 1. The molecule has 0 saturated carbocycles. The summed E-state index contributed by atoms with van der Waals surface area (Å²) in [4.78, 5) is 18.5. The van der Waals surface area contributed by atoms with Gasteiger partial charge in [0.1, 0.15) is 0 Å². The van der Waals surface area contributed by atoms with E-state index >= 15 is 0 Å². The second-order valence-corrected chi connectivity index (χ2v) is 4.22. The number of nitrogens with zero attached hydrogens (tertiary/aromatic N) is 3. The summed E-state index contributed by atoms with van der Waals surface area (Å²) in [5, 5.41) is 3.05. The van der Waals surface area contributed by atoms with Gasteiger partial charge in [-0.25, -0.2) is 0 Å². The predicted octanol–water partition coefficient (Wildman–Crippen LogP) is 1.39. The minimum atomic E-state index is -0.274. The second-order valence-electron chi connectivity index (χ2n) is 3.69. The lowest BCUT2D eigenvalue weighted by Gasteiger charge is -2.04. The van der Waals surface area contributed by atoms with Crippen molar-refractivity contribution >= 4 is 28.8 Å². The average molecular weight is 259 g/mol. The molecule has 0 fully saturated rings. The summed E-state index contributed by atoms with van der Waals surface area (Å²) in [6.45, 7) is 0.590. The molecule has 1 aromatic carbocycles. The van der Waals surface area contributed by atoms with Gasteiger partial charge in [-0.15, -0.1) is 0 Å². The summed E-state index contributed by atoms with van der Waals surface area (Å²) in [5.41, 5.74) is 1.49. The lowest BCUT2D eigenvalue weighted by molar-refractivity contribution is 1.05. The number of aromatic amines is 1. The number of nitrogens with one attached hydrogen (secondary N) is 2. The molecule has 2 heterocycles. The lowest BCUT2D eigenvalue weighted by atomic mass is 10.2. The number of hydrogen-bond acceptors (Lipinski definition) is 6. The van der Waals surface area contributed by atoms with Crippen LogP contribution in [0.15, 0.2) is 35.1 Å². The maximum Gasteiger partial charge on any atom is 0.281 e. The molecule has 6 nitrogen and oxygen atoms in total. The van der Waals surface area contributed by atoms with Gasteiger partial charge in [-0.05, 0) is 5.56 Å². The van der Waals surface area contributed by atoms with E-state index in [9.17, 15) is 4.79 Å². The highest BCUT2D eigenvalue weighted by atomic mass is 32.1. The van der Waals surface area contributed by atoms with Crippen LogP contribution in [0.3, 0.4) is 0 Å². The van der Waals surface area contributed by atoms with Gasteiger partial charge in [-0.3, -0.25) is 9.78 Å². The highest BCUT2D eigenvalue weighted by Crippen LogP contribution is 2.07. The molecule has 2 aromatic heterocycles. The Bertz CT molecular complexity index is 721. The van der Waals surface area contributed by atoms with E-state index in [0.717, 1.165) is 17.3 Å². The molecule has 0 aliphatic heterocycles. The van der Waals surface area contributed by atoms with Crippen LogP contribution in [0.4, 0.5) is 5.95 Å². The molecule has 2 N–H and O–H groups in total. The Morgan fingerprint density at radius 2 is 2.06 bits per heavy atom. The van der Waals surface area contributed by atoms with Crippen molar-refractivity contribution in [2.45, 2.75) is 6.54 Å². The molecule has 3 rings (SSSR count). The van der Waals surface area contributed by atoms with E-state index in [4.69, 9.17) is 0 Å². The van der Waals surface area contributed by atoms with Gasteiger partial charge in [0, 0.05) is 6.54 Å². The van der Waals surface area contributed by atoms with E-state index < -0.39 is 0 Å². The molecular weight excluding hydrogens is 250 g/mol. The molecule has 0 aliphatic carbocycles. The monoisotopic (exact) mass is 259 g/mol. The number of anilines is 1. The Morgan fingerprint density at radius 3 is 2.89 bits per heavy atom. The van der Waals surface area contributed by atoms with Crippen molar-refractivity contribution < 1.29 is 0 Å². The first-order chi connectivity index (χ1) is 8.83. The van der Waals surface area contributed by atoms with Crippen molar-refractivity contribution in [1.82, 2.24) is 18.7 Å². The van der Waals surface area contributed by atoms with E-state index in [0.29, 0.717) is 18.1 Å². The van der Waals surface area contributed by atoms with E-state index in [1.807, 2.05) is 30.3 Å². The molecule has 0 unspecified atom stereocenters. The van der Waals surface area contributed by atoms with Crippen LogP contribution in [0.25, 0.3) is 11.2 Å². The molecule has 90 valence electrons. The molecule has 0 amide bonds. The molecule has 0 saturated heterocycles. The molecule has 0 atom stereocenters. The number of rotatable bonds is 3. The van der Waals surface area contributed by atoms with Crippen LogP contribution in [0.2, 0.25) is 0 Å². The van der Waals surface area contributed by atoms with Crippen molar-refractivity contribution in [3.63, 3.8) is 0 Å². The quantitative estimate of drug-likeness (QED) is 0.742.